The van der Waals surface area contributed by atoms with E-state index in [4.69, 9.17) is 0 Å². The Bertz CT molecular complexity index is 848. The fourth-order valence-electron chi connectivity index (χ4n) is 3.26. The van der Waals surface area contributed by atoms with Crippen LogP contribution in [0.5, 0.6) is 11.5 Å². The van der Waals surface area contributed by atoms with E-state index in [1.54, 1.807) is 6.07 Å². The molecule has 2 aromatic rings. The lowest BCUT2D eigenvalue weighted by atomic mass is 9.95. The van der Waals surface area contributed by atoms with Crippen LogP contribution < -0.4 is 10.1 Å². The predicted octanol–water partition coefficient (Wildman–Crippen LogP) is 4.04. The number of nitrogens with one attached hydrogen (secondary N) is 1. The Hall–Kier alpha value is -2.27. The minimum atomic E-state index is -4.78. The van der Waals surface area contributed by atoms with Gasteiger partial charge in [-0.15, -0.1) is 38.0 Å². The topological polar surface area (TPSA) is 87.9 Å². The van der Waals surface area contributed by atoms with E-state index in [1.165, 1.54) is 36.4 Å². The van der Waals surface area contributed by atoms with Crippen LogP contribution in [0.3, 0.4) is 0 Å². The summed E-state index contributed by atoms with van der Waals surface area (Å²) < 4.78 is 41.1. The molecule has 0 unspecified atom stereocenters. The largest absolute Gasteiger partial charge is 0.573 e. The van der Waals surface area contributed by atoms with Crippen LogP contribution in [-0.4, -0.2) is 47.5 Å². The van der Waals surface area contributed by atoms with Crippen LogP contribution in [0.15, 0.2) is 42.5 Å². The van der Waals surface area contributed by atoms with Crippen molar-refractivity contribution in [2.24, 2.45) is 0 Å². The van der Waals surface area contributed by atoms with Crippen LogP contribution in [0.1, 0.15) is 17.2 Å². The molecule has 2 N–H and O–H groups in total. The number of hydrogen-bond donors (Lipinski definition) is 2. The van der Waals surface area contributed by atoms with Crippen LogP contribution in [0.4, 0.5) is 18.9 Å². The Labute approximate surface area is 182 Å². The Morgan fingerprint density at radius 3 is 2.17 bits per heavy atom. The van der Waals surface area contributed by atoms with Crippen molar-refractivity contribution in [2.45, 2.75) is 12.4 Å². The van der Waals surface area contributed by atoms with E-state index >= 15 is 0 Å². The number of phenols is 1. The molecule has 0 radical (unpaired) electrons. The van der Waals surface area contributed by atoms with Gasteiger partial charge in [0.15, 0.2) is 5.75 Å². The first-order chi connectivity index (χ1) is 13.2. The van der Waals surface area contributed by atoms with Crippen molar-refractivity contribution >= 4 is 30.5 Å². The highest BCUT2D eigenvalue weighted by Gasteiger charge is 2.31. The summed E-state index contributed by atoms with van der Waals surface area (Å²) in [5.74, 6) is -0.784. The molecular formula is C18H20Cl2F3N3O4. The van der Waals surface area contributed by atoms with Gasteiger partial charge in [0.2, 0.25) is 0 Å². The lowest BCUT2D eigenvalue weighted by Crippen LogP contribution is -2.45. The highest BCUT2D eigenvalue weighted by molar-refractivity contribution is 5.85. The molecule has 1 saturated heterocycles. The van der Waals surface area contributed by atoms with E-state index in [1.807, 2.05) is 0 Å². The number of phenolic OH excluding ortho intramolecular Hbond substituents is 1. The highest BCUT2D eigenvalue weighted by Crippen LogP contribution is 2.35. The first-order valence-electron chi connectivity index (χ1n) is 8.52. The number of alkyl halides is 3. The number of ether oxygens (including phenoxy) is 1. The summed E-state index contributed by atoms with van der Waals surface area (Å²) in [6.07, 6.45) is -4.78. The molecule has 3 rings (SSSR count). The van der Waals surface area contributed by atoms with Gasteiger partial charge in [-0.2, -0.15) is 0 Å². The van der Waals surface area contributed by atoms with E-state index in [9.17, 15) is 28.4 Å². The number of halogens is 5. The fourth-order valence-corrected chi connectivity index (χ4v) is 3.26. The molecule has 0 saturated carbocycles. The van der Waals surface area contributed by atoms with Gasteiger partial charge in [-0.05, 0) is 29.3 Å². The minimum absolute atomic E-state index is 0. The zero-order valence-electron chi connectivity index (χ0n) is 15.5. The summed E-state index contributed by atoms with van der Waals surface area (Å²) in [6, 6.07) is 9.15. The van der Waals surface area contributed by atoms with E-state index in [0.717, 1.165) is 0 Å². The predicted molar refractivity (Wildman–Crippen MR) is 109 cm³/mol. The molecule has 1 aliphatic rings. The normalized spacial score (nSPS) is 15.4. The Morgan fingerprint density at radius 1 is 1.07 bits per heavy atom. The van der Waals surface area contributed by atoms with Gasteiger partial charge in [-0.3, -0.25) is 15.0 Å². The number of nitrogens with zero attached hydrogens (tertiary/aromatic N) is 2. The van der Waals surface area contributed by atoms with Gasteiger partial charge >= 0.3 is 12.0 Å². The number of hydrogen-bond acceptors (Lipinski definition) is 6. The Balaban J connectivity index is 0.00000225. The van der Waals surface area contributed by atoms with Crippen molar-refractivity contribution in [3.05, 3.63) is 63.7 Å². The molecule has 1 fully saturated rings. The van der Waals surface area contributed by atoms with Crippen LogP contribution in [-0.2, 0) is 0 Å². The SMILES string of the molecule is Cl.Cl.O=[N+]([O-])c1cc([C@@H](c2ccc(OC(F)(F)F)cc2)N2CCNCC2)ccc1O. The highest BCUT2D eigenvalue weighted by atomic mass is 35.5. The summed E-state index contributed by atoms with van der Waals surface area (Å²) in [6.45, 7) is 2.73. The second kappa shape index (κ2) is 10.7. The van der Waals surface area contributed by atoms with E-state index in [2.05, 4.69) is 15.0 Å². The maximum Gasteiger partial charge on any atom is 0.573 e. The van der Waals surface area contributed by atoms with Gasteiger partial charge in [-0.1, -0.05) is 18.2 Å². The summed E-state index contributed by atoms with van der Waals surface area (Å²) in [7, 11) is 0. The van der Waals surface area contributed by atoms with Crippen LogP contribution in [0.25, 0.3) is 0 Å². The zero-order chi connectivity index (χ0) is 20.3. The van der Waals surface area contributed by atoms with Gasteiger partial charge in [0.05, 0.1) is 11.0 Å². The van der Waals surface area contributed by atoms with Gasteiger partial charge in [0.1, 0.15) is 5.75 Å². The number of aromatic hydroxyl groups is 1. The molecule has 2 aromatic carbocycles. The molecule has 1 heterocycles. The number of nitro groups is 1. The molecule has 1 atom stereocenters. The van der Waals surface area contributed by atoms with Crippen LogP contribution >= 0.6 is 24.8 Å². The summed E-state index contributed by atoms with van der Waals surface area (Å²) in [5.41, 5.74) is 0.807. The lowest BCUT2D eigenvalue weighted by Gasteiger charge is -2.35. The fraction of sp³-hybridized carbons (Fsp3) is 0.333. The zero-order valence-corrected chi connectivity index (χ0v) is 17.1. The monoisotopic (exact) mass is 469 g/mol. The quantitative estimate of drug-likeness (QED) is 0.507. The number of piperazine rings is 1. The summed E-state index contributed by atoms with van der Waals surface area (Å²) in [5, 5.41) is 24.1. The average Bonchev–Trinajstić information content (AvgIpc) is 2.64. The van der Waals surface area contributed by atoms with Gasteiger partial charge < -0.3 is 15.2 Å². The van der Waals surface area contributed by atoms with E-state index < -0.39 is 28.8 Å². The smallest absolute Gasteiger partial charge is 0.502 e. The summed E-state index contributed by atoms with van der Waals surface area (Å²) in [4.78, 5) is 12.6. The molecule has 0 aliphatic carbocycles. The van der Waals surface area contributed by atoms with Gasteiger partial charge in [0.25, 0.3) is 0 Å². The van der Waals surface area contributed by atoms with Crippen molar-refractivity contribution < 1.29 is 27.9 Å². The third-order valence-corrected chi connectivity index (χ3v) is 4.46. The first kappa shape index (κ1) is 25.8. The van der Waals surface area contributed by atoms with E-state index in [-0.39, 0.29) is 30.6 Å². The van der Waals surface area contributed by atoms with Gasteiger partial charge in [-0.25, -0.2) is 0 Å². The van der Waals surface area contributed by atoms with Crippen molar-refractivity contribution in [3.63, 3.8) is 0 Å². The summed E-state index contributed by atoms with van der Waals surface area (Å²) >= 11 is 0. The molecule has 30 heavy (non-hydrogen) atoms. The maximum absolute atomic E-state index is 12.4. The third-order valence-electron chi connectivity index (χ3n) is 4.46. The maximum atomic E-state index is 12.4. The van der Waals surface area contributed by atoms with E-state index in [0.29, 0.717) is 37.3 Å². The molecule has 0 amide bonds. The molecular weight excluding hydrogens is 450 g/mol. The van der Waals surface area contributed by atoms with Crippen molar-refractivity contribution in [1.29, 1.82) is 0 Å². The second-order valence-corrected chi connectivity index (χ2v) is 6.31. The van der Waals surface area contributed by atoms with Gasteiger partial charge in [0, 0.05) is 32.2 Å². The third kappa shape index (κ3) is 6.36. The Morgan fingerprint density at radius 2 is 1.63 bits per heavy atom. The number of rotatable bonds is 5. The second-order valence-electron chi connectivity index (χ2n) is 6.31. The molecule has 0 aromatic heterocycles. The van der Waals surface area contributed by atoms with Crippen LogP contribution in [0.2, 0.25) is 0 Å². The molecule has 166 valence electrons. The van der Waals surface area contributed by atoms with Crippen molar-refractivity contribution in [3.8, 4) is 11.5 Å². The molecule has 1 aliphatic heterocycles. The first-order valence-corrected chi connectivity index (χ1v) is 8.52. The molecule has 7 nitrogen and oxygen atoms in total. The minimum Gasteiger partial charge on any atom is -0.502 e. The standard InChI is InChI=1S/C18H18F3N3O4.2ClH/c19-18(20,21)28-14-4-1-12(2-5-14)17(23-9-7-22-8-10-23)13-3-6-16(25)15(11-13)24(26)27;;/h1-6,11,17,22,25H,7-10H2;2*1H/t17-;;/m1../s1. The molecule has 0 bridgehead atoms. The lowest BCUT2D eigenvalue weighted by molar-refractivity contribution is -0.385. The van der Waals surface area contributed by atoms with Crippen LogP contribution in [0, 0.1) is 10.1 Å². The van der Waals surface area contributed by atoms with Crippen molar-refractivity contribution in [2.75, 3.05) is 26.2 Å². The number of nitro benzene ring substituents is 1. The average molecular weight is 470 g/mol. The molecule has 12 heteroatoms. The molecule has 0 spiro atoms. The number of benzene rings is 2. The van der Waals surface area contributed by atoms with Crippen molar-refractivity contribution in [1.82, 2.24) is 10.2 Å². The Kier molecular flexibility index (Phi) is 9.16.